The fourth-order valence-corrected chi connectivity index (χ4v) is 3.23. The second-order valence-electron chi connectivity index (χ2n) is 4.49. The molecule has 0 aliphatic heterocycles. The van der Waals surface area contributed by atoms with E-state index in [1.165, 1.54) is 11.3 Å². The van der Waals surface area contributed by atoms with E-state index in [0.29, 0.717) is 0 Å². The number of nitrogens with two attached hydrogens (primary N) is 1. The monoisotopic (exact) mass is 265 g/mol. The van der Waals surface area contributed by atoms with Gasteiger partial charge in [0.05, 0.1) is 5.56 Å². The minimum Gasteiger partial charge on any atom is -0.409 e. The first-order chi connectivity index (χ1) is 8.76. The Labute approximate surface area is 112 Å². The SMILES string of the molecule is CCCCSc1nc2c(cc1C(N)=NO)CCC2. The molecule has 0 spiro atoms. The summed E-state index contributed by atoms with van der Waals surface area (Å²) in [5, 5.41) is 12.9. The number of unbranched alkanes of at least 4 members (excludes halogenated alkanes) is 1. The van der Waals surface area contributed by atoms with Crippen LogP contribution in [0.4, 0.5) is 0 Å². The standard InChI is InChI=1S/C13H19N3OS/c1-2-3-7-18-13-10(12(14)16-17)8-9-5-4-6-11(9)15-13/h8,17H,2-7H2,1H3,(H2,14,16). The largest absolute Gasteiger partial charge is 0.409 e. The predicted molar refractivity (Wildman–Crippen MR) is 74.4 cm³/mol. The molecule has 18 heavy (non-hydrogen) atoms. The highest BCUT2D eigenvalue weighted by atomic mass is 32.2. The van der Waals surface area contributed by atoms with Crippen LogP contribution in [0, 0.1) is 0 Å². The van der Waals surface area contributed by atoms with Crippen molar-refractivity contribution >= 4 is 17.6 Å². The Morgan fingerprint density at radius 3 is 3.11 bits per heavy atom. The lowest BCUT2D eigenvalue weighted by Gasteiger charge is -2.10. The number of nitrogens with zero attached hydrogens (tertiary/aromatic N) is 2. The third kappa shape index (κ3) is 2.77. The van der Waals surface area contributed by atoms with E-state index in [1.807, 2.05) is 6.07 Å². The van der Waals surface area contributed by atoms with Gasteiger partial charge in [-0.3, -0.25) is 0 Å². The smallest absolute Gasteiger partial charge is 0.172 e. The maximum absolute atomic E-state index is 8.86. The van der Waals surface area contributed by atoms with Crippen LogP contribution in [0.1, 0.15) is 43.0 Å². The van der Waals surface area contributed by atoms with Gasteiger partial charge in [-0.25, -0.2) is 4.98 Å². The van der Waals surface area contributed by atoms with Crippen molar-refractivity contribution < 1.29 is 5.21 Å². The number of amidine groups is 1. The molecule has 4 nitrogen and oxygen atoms in total. The van der Waals surface area contributed by atoms with Crippen LogP contribution in [0.15, 0.2) is 16.2 Å². The van der Waals surface area contributed by atoms with Crippen LogP contribution in [0.5, 0.6) is 0 Å². The third-order valence-corrected chi connectivity index (χ3v) is 4.21. The Hall–Kier alpha value is -1.23. The summed E-state index contributed by atoms with van der Waals surface area (Å²) in [6.45, 7) is 2.17. The number of pyridine rings is 1. The van der Waals surface area contributed by atoms with Crippen molar-refractivity contribution in [2.75, 3.05) is 5.75 Å². The van der Waals surface area contributed by atoms with Crippen LogP contribution < -0.4 is 5.73 Å². The summed E-state index contributed by atoms with van der Waals surface area (Å²) in [5.74, 6) is 1.18. The summed E-state index contributed by atoms with van der Waals surface area (Å²) in [7, 11) is 0. The number of aromatic nitrogens is 1. The molecule has 1 aliphatic rings. The van der Waals surface area contributed by atoms with Crippen molar-refractivity contribution in [2.24, 2.45) is 10.9 Å². The Kier molecular flexibility index (Phi) is 4.47. The highest BCUT2D eigenvalue weighted by Crippen LogP contribution is 2.28. The quantitative estimate of drug-likeness (QED) is 0.214. The normalized spacial score (nSPS) is 14.8. The number of aryl methyl sites for hydroxylation is 2. The second kappa shape index (κ2) is 6.09. The molecule has 98 valence electrons. The first-order valence-corrected chi connectivity index (χ1v) is 7.38. The molecule has 3 N–H and O–H groups in total. The van der Waals surface area contributed by atoms with Gasteiger partial charge < -0.3 is 10.9 Å². The Balaban J connectivity index is 2.29. The molecule has 0 fully saturated rings. The lowest BCUT2D eigenvalue weighted by Crippen LogP contribution is -2.16. The van der Waals surface area contributed by atoms with Gasteiger partial charge in [0, 0.05) is 5.69 Å². The molecule has 2 rings (SSSR count). The molecule has 0 saturated heterocycles. The first-order valence-electron chi connectivity index (χ1n) is 6.39. The summed E-state index contributed by atoms with van der Waals surface area (Å²) in [6, 6.07) is 2.04. The van der Waals surface area contributed by atoms with E-state index in [0.717, 1.165) is 48.4 Å². The van der Waals surface area contributed by atoms with E-state index in [2.05, 4.69) is 17.1 Å². The Morgan fingerprint density at radius 1 is 1.56 bits per heavy atom. The minimum absolute atomic E-state index is 0.163. The summed E-state index contributed by atoms with van der Waals surface area (Å²) >= 11 is 1.70. The van der Waals surface area contributed by atoms with Crippen LogP contribution >= 0.6 is 11.8 Å². The van der Waals surface area contributed by atoms with Crippen LogP contribution in [0.25, 0.3) is 0 Å². The molecule has 1 aliphatic carbocycles. The van der Waals surface area contributed by atoms with Gasteiger partial charge in [-0.15, -0.1) is 11.8 Å². The lowest BCUT2D eigenvalue weighted by atomic mass is 10.1. The van der Waals surface area contributed by atoms with Gasteiger partial charge in [0.15, 0.2) is 5.84 Å². The molecule has 0 atom stereocenters. The highest BCUT2D eigenvalue weighted by molar-refractivity contribution is 7.99. The van der Waals surface area contributed by atoms with E-state index < -0.39 is 0 Å². The van der Waals surface area contributed by atoms with Crippen LogP contribution in [-0.4, -0.2) is 21.8 Å². The second-order valence-corrected chi connectivity index (χ2v) is 5.57. The molecule has 0 saturated carbocycles. The van der Waals surface area contributed by atoms with E-state index >= 15 is 0 Å². The van der Waals surface area contributed by atoms with Crippen molar-refractivity contribution in [2.45, 2.75) is 44.1 Å². The Bertz CT molecular complexity index is 460. The molecule has 0 unspecified atom stereocenters. The minimum atomic E-state index is 0.163. The van der Waals surface area contributed by atoms with Crippen LogP contribution in [0.2, 0.25) is 0 Å². The molecule has 1 heterocycles. The van der Waals surface area contributed by atoms with Crippen LogP contribution in [0.3, 0.4) is 0 Å². The topological polar surface area (TPSA) is 71.5 Å². The summed E-state index contributed by atoms with van der Waals surface area (Å²) < 4.78 is 0. The molecule has 0 amide bonds. The van der Waals surface area contributed by atoms with Crippen molar-refractivity contribution in [3.63, 3.8) is 0 Å². The maximum Gasteiger partial charge on any atom is 0.172 e. The van der Waals surface area contributed by atoms with E-state index in [4.69, 9.17) is 10.9 Å². The molecular weight excluding hydrogens is 246 g/mol. The van der Waals surface area contributed by atoms with E-state index in [-0.39, 0.29) is 5.84 Å². The number of thioether (sulfide) groups is 1. The lowest BCUT2D eigenvalue weighted by molar-refractivity contribution is 0.318. The zero-order chi connectivity index (χ0) is 13.0. The number of rotatable bonds is 5. The van der Waals surface area contributed by atoms with Gasteiger partial charge in [-0.05, 0) is 43.1 Å². The van der Waals surface area contributed by atoms with Crippen molar-refractivity contribution in [1.29, 1.82) is 0 Å². The molecule has 0 radical (unpaired) electrons. The predicted octanol–water partition coefficient (Wildman–Crippen LogP) is 2.56. The summed E-state index contributed by atoms with van der Waals surface area (Å²) in [5.41, 5.74) is 8.95. The number of fused-ring (bicyclic) bond motifs is 1. The summed E-state index contributed by atoms with van der Waals surface area (Å²) in [4.78, 5) is 4.69. The number of oxime groups is 1. The fourth-order valence-electron chi connectivity index (χ4n) is 2.11. The fraction of sp³-hybridized carbons (Fsp3) is 0.538. The molecule has 0 aromatic carbocycles. The van der Waals surface area contributed by atoms with Gasteiger partial charge in [-0.1, -0.05) is 18.5 Å². The van der Waals surface area contributed by atoms with Gasteiger partial charge in [0.25, 0.3) is 0 Å². The average molecular weight is 265 g/mol. The summed E-state index contributed by atoms with van der Waals surface area (Å²) in [6.07, 6.45) is 5.57. The molecule has 1 aromatic heterocycles. The van der Waals surface area contributed by atoms with E-state index in [1.54, 1.807) is 11.8 Å². The highest BCUT2D eigenvalue weighted by Gasteiger charge is 2.18. The zero-order valence-corrected chi connectivity index (χ0v) is 11.5. The van der Waals surface area contributed by atoms with Gasteiger partial charge in [0.2, 0.25) is 0 Å². The van der Waals surface area contributed by atoms with Gasteiger partial charge in [0.1, 0.15) is 5.03 Å². The average Bonchev–Trinajstić information content (AvgIpc) is 2.84. The molecule has 1 aromatic rings. The zero-order valence-electron chi connectivity index (χ0n) is 10.6. The van der Waals surface area contributed by atoms with Gasteiger partial charge in [-0.2, -0.15) is 0 Å². The molecule has 0 bridgehead atoms. The third-order valence-electron chi connectivity index (χ3n) is 3.14. The number of hydrogen-bond donors (Lipinski definition) is 2. The number of hydrogen-bond acceptors (Lipinski definition) is 4. The molecular formula is C13H19N3OS. The molecule has 5 heteroatoms. The van der Waals surface area contributed by atoms with Crippen molar-refractivity contribution in [3.05, 3.63) is 22.9 Å². The van der Waals surface area contributed by atoms with Crippen molar-refractivity contribution in [1.82, 2.24) is 4.98 Å². The maximum atomic E-state index is 8.86. The van der Waals surface area contributed by atoms with E-state index in [9.17, 15) is 0 Å². The van der Waals surface area contributed by atoms with Gasteiger partial charge >= 0.3 is 0 Å². The van der Waals surface area contributed by atoms with Crippen molar-refractivity contribution in [3.8, 4) is 0 Å². The first kappa shape index (κ1) is 13.2. The van der Waals surface area contributed by atoms with Crippen LogP contribution in [-0.2, 0) is 12.8 Å². The Morgan fingerprint density at radius 2 is 2.39 bits per heavy atom.